The second kappa shape index (κ2) is 5.64. The lowest BCUT2D eigenvalue weighted by Gasteiger charge is -2.29. The fraction of sp³-hybridized carbons (Fsp3) is 0.562. The van der Waals surface area contributed by atoms with Gasteiger partial charge in [-0.25, -0.2) is 4.39 Å². The summed E-state index contributed by atoms with van der Waals surface area (Å²) in [5, 5.41) is 0. The zero-order chi connectivity index (χ0) is 13.1. The molecule has 1 aromatic rings. The monoisotopic (exact) mass is 248 g/mol. The van der Waals surface area contributed by atoms with Gasteiger partial charge in [-0.3, -0.25) is 4.79 Å². The lowest BCUT2D eigenvalue weighted by molar-refractivity contribution is 0.0820. The first kappa shape index (κ1) is 13.3. The molecule has 98 valence electrons. The molecule has 0 heterocycles. The van der Waals surface area contributed by atoms with Gasteiger partial charge in [0.15, 0.2) is 5.78 Å². The van der Waals surface area contributed by atoms with Crippen molar-refractivity contribution in [2.45, 2.75) is 46.0 Å². The zero-order valence-corrected chi connectivity index (χ0v) is 11.2. The molecule has 1 fully saturated rings. The lowest BCUT2D eigenvalue weighted by atomic mass is 9.74. The van der Waals surface area contributed by atoms with Crippen molar-refractivity contribution in [1.29, 1.82) is 0 Å². The van der Waals surface area contributed by atoms with Crippen LogP contribution in [0.4, 0.5) is 4.39 Å². The Morgan fingerprint density at radius 1 is 1.33 bits per heavy atom. The molecule has 0 bridgehead atoms. The van der Waals surface area contributed by atoms with E-state index in [0.717, 1.165) is 25.7 Å². The van der Waals surface area contributed by atoms with Crippen molar-refractivity contribution in [3.63, 3.8) is 0 Å². The Balaban J connectivity index is 2.21. The number of benzene rings is 1. The number of hydrogen-bond acceptors (Lipinski definition) is 1. The summed E-state index contributed by atoms with van der Waals surface area (Å²) in [5.41, 5.74) is 1.24. The number of Topliss-reactive ketones (excluding diaryl/α,β-unsaturated/α-hetero) is 1. The molecule has 0 aliphatic heterocycles. The first-order valence-corrected chi connectivity index (χ1v) is 6.94. The second-order valence-electron chi connectivity index (χ2n) is 5.39. The molecule has 2 atom stereocenters. The van der Waals surface area contributed by atoms with Gasteiger partial charge in [0.1, 0.15) is 5.82 Å². The SMILES string of the molecule is CCC1CCCCC1C(=O)c1ccc(F)c(C)c1. The van der Waals surface area contributed by atoms with Crippen LogP contribution in [-0.4, -0.2) is 5.78 Å². The lowest BCUT2D eigenvalue weighted by Crippen LogP contribution is -2.27. The van der Waals surface area contributed by atoms with E-state index in [0.29, 0.717) is 17.0 Å². The van der Waals surface area contributed by atoms with Gasteiger partial charge in [-0.15, -0.1) is 0 Å². The van der Waals surface area contributed by atoms with Crippen molar-refractivity contribution in [3.8, 4) is 0 Å². The van der Waals surface area contributed by atoms with E-state index in [-0.39, 0.29) is 17.5 Å². The fourth-order valence-electron chi connectivity index (χ4n) is 3.05. The Kier molecular flexibility index (Phi) is 4.15. The second-order valence-corrected chi connectivity index (χ2v) is 5.39. The smallest absolute Gasteiger partial charge is 0.166 e. The van der Waals surface area contributed by atoms with E-state index >= 15 is 0 Å². The summed E-state index contributed by atoms with van der Waals surface area (Å²) in [5.74, 6) is 0.636. The number of hydrogen-bond donors (Lipinski definition) is 0. The number of aryl methyl sites for hydroxylation is 1. The van der Waals surface area contributed by atoms with Crippen LogP contribution < -0.4 is 0 Å². The molecule has 1 saturated carbocycles. The average Bonchev–Trinajstić information content (AvgIpc) is 2.41. The summed E-state index contributed by atoms with van der Waals surface area (Å²) in [6.07, 6.45) is 5.61. The number of carbonyl (C=O) groups is 1. The molecule has 18 heavy (non-hydrogen) atoms. The van der Waals surface area contributed by atoms with Gasteiger partial charge in [0.05, 0.1) is 0 Å². The van der Waals surface area contributed by atoms with Gasteiger partial charge in [0, 0.05) is 11.5 Å². The predicted octanol–water partition coefficient (Wildman–Crippen LogP) is 4.53. The van der Waals surface area contributed by atoms with E-state index in [1.807, 2.05) is 0 Å². The first-order chi connectivity index (χ1) is 8.63. The van der Waals surface area contributed by atoms with Crippen LogP contribution in [0.3, 0.4) is 0 Å². The summed E-state index contributed by atoms with van der Waals surface area (Å²) in [4.78, 5) is 12.5. The largest absolute Gasteiger partial charge is 0.294 e. The van der Waals surface area contributed by atoms with Gasteiger partial charge in [-0.2, -0.15) is 0 Å². The first-order valence-electron chi connectivity index (χ1n) is 6.94. The highest BCUT2D eigenvalue weighted by Crippen LogP contribution is 2.34. The van der Waals surface area contributed by atoms with Crippen molar-refractivity contribution in [1.82, 2.24) is 0 Å². The molecule has 0 spiro atoms. The molecule has 2 rings (SSSR count). The van der Waals surface area contributed by atoms with Crippen LogP contribution in [0.2, 0.25) is 0 Å². The van der Waals surface area contributed by atoms with Crippen LogP contribution in [-0.2, 0) is 0 Å². The molecular weight excluding hydrogens is 227 g/mol. The molecule has 2 unspecified atom stereocenters. The normalized spacial score (nSPS) is 23.9. The molecule has 1 aliphatic rings. The standard InChI is InChI=1S/C16H21FO/c1-3-12-6-4-5-7-14(12)16(18)13-8-9-15(17)11(2)10-13/h8-10,12,14H,3-7H2,1-2H3. The Bertz CT molecular complexity index is 439. The predicted molar refractivity (Wildman–Crippen MR) is 71.2 cm³/mol. The van der Waals surface area contributed by atoms with Crippen LogP contribution in [0, 0.1) is 24.6 Å². The van der Waals surface area contributed by atoms with Gasteiger partial charge in [0.2, 0.25) is 0 Å². The van der Waals surface area contributed by atoms with Crippen LogP contribution in [0.5, 0.6) is 0 Å². The third-order valence-electron chi connectivity index (χ3n) is 4.21. The van der Waals surface area contributed by atoms with Gasteiger partial charge in [-0.05, 0) is 49.4 Å². The Morgan fingerprint density at radius 3 is 2.72 bits per heavy atom. The minimum Gasteiger partial charge on any atom is -0.294 e. The summed E-state index contributed by atoms with van der Waals surface area (Å²) in [7, 11) is 0. The molecule has 0 aromatic heterocycles. The summed E-state index contributed by atoms with van der Waals surface area (Å²) >= 11 is 0. The molecular formula is C16H21FO. The van der Waals surface area contributed by atoms with Gasteiger partial charge >= 0.3 is 0 Å². The highest BCUT2D eigenvalue weighted by molar-refractivity contribution is 5.98. The van der Waals surface area contributed by atoms with Crippen molar-refractivity contribution >= 4 is 5.78 Å². The number of carbonyl (C=O) groups excluding carboxylic acids is 1. The third kappa shape index (κ3) is 2.63. The van der Waals surface area contributed by atoms with Crippen molar-refractivity contribution in [3.05, 3.63) is 35.1 Å². The maximum absolute atomic E-state index is 13.2. The van der Waals surface area contributed by atoms with E-state index in [1.54, 1.807) is 19.1 Å². The minimum absolute atomic E-state index is 0.147. The summed E-state index contributed by atoms with van der Waals surface area (Å²) in [6, 6.07) is 4.73. The molecule has 0 amide bonds. The molecule has 0 radical (unpaired) electrons. The van der Waals surface area contributed by atoms with Crippen LogP contribution in [0.1, 0.15) is 54.9 Å². The van der Waals surface area contributed by atoms with Crippen molar-refractivity contribution < 1.29 is 9.18 Å². The van der Waals surface area contributed by atoms with Crippen LogP contribution in [0.15, 0.2) is 18.2 Å². The summed E-state index contributed by atoms with van der Waals surface area (Å²) < 4.78 is 13.2. The molecule has 0 saturated heterocycles. The van der Waals surface area contributed by atoms with E-state index < -0.39 is 0 Å². The highest BCUT2D eigenvalue weighted by atomic mass is 19.1. The molecule has 2 heteroatoms. The minimum atomic E-state index is -0.234. The van der Waals surface area contributed by atoms with E-state index in [9.17, 15) is 9.18 Å². The Labute approximate surface area is 108 Å². The van der Waals surface area contributed by atoms with Gasteiger partial charge < -0.3 is 0 Å². The van der Waals surface area contributed by atoms with E-state index in [1.165, 1.54) is 12.5 Å². The Morgan fingerprint density at radius 2 is 2.06 bits per heavy atom. The van der Waals surface area contributed by atoms with Crippen LogP contribution in [0.25, 0.3) is 0 Å². The van der Waals surface area contributed by atoms with Crippen LogP contribution >= 0.6 is 0 Å². The van der Waals surface area contributed by atoms with Gasteiger partial charge in [0.25, 0.3) is 0 Å². The van der Waals surface area contributed by atoms with E-state index in [2.05, 4.69) is 6.92 Å². The quantitative estimate of drug-likeness (QED) is 0.718. The molecule has 0 N–H and O–H groups in total. The molecule has 1 nitrogen and oxygen atoms in total. The maximum atomic E-state index is 13.2. The van der Waals surface area contributed by atoms with Gasteiger partial charge in [-0.1, -0.05) is 26.2 Å². The zero-order valence-electron chi connectivity index (χ0n) is 11.2. The molecule has 1 aliphatic carbocycles. The molecule has 1 aromatic carbocycles. The topological polar surface area (TPSA) is 17.1 Å². The number of rotatable bonds is 3. The fourth-order valence-corrected chi connectivity index (χ4v) is 3.05. The van der Waals surface area contributed by atoms with Crippen molar-refractivity contribution in [2.75, 3.05) is 0 Å². The summed E-state index contributed by atoms with van der Waals surface area (Å²) in [6.45, 7) is 3.87. The average molecular weight is 248 g/mol. The number of halogens is 1. The highest BCUT2D eigenvalue weighted by Gasteiger charge is 2.30. The van der Waals surface area contributed by atoms with Crippen molar-refractivity contribution in [2.24, 2.45) is 11.8 Å². The number of ketones is 1. The maximum Gasteiger partial charge on any atom is 0.166 e. The van der Waals surface area contributed by atoms with E-state index in [4.69, 9.17) is 0 Å². The third-order valence-corrected chi connectivity index (χ3v) is 4.21. The Hall–Kier alpha value is -1.18.